The molecule has 7 heteroatoms. The Morgan fingerprint density at radius 1 is 1.03 bits per heavy atom. The van der Waals surface area contributed by atoms with Crippen LogP contribution in [0.2, 0.25) is 0 Å². The maximum Gasteiger partial charge on any atom is 0.329 e. The molecule has 0 unspecified atom stereocenters. The number of hydrogen-bond donors (Lipinski definition) is 0. The third kappa shape index (κ3) is 3.85. The first-order valence-electron chi connectivity index (χ1n) is 9.54. The van der Waals surface area contributed by atoms with Gasteiger partial charge >= 0.3 is 5.69 Å². The summed E-state index contributed by atoms with van der Waals surface area (Å²) >= 11 is 0. The second kappa shape index (κ2) is 8.18. The summed E-state index contributed by atoms with van der Waals surface area (Å²) in [4.78, 5) is 31.9. The molecule has 0 spiro atoms. The summed E-state index contributed by atoms with van der Waals surface area (Å²) in [5, 5.41) is 0. The summed E-state index contributed by atoms with van der Waals surface area (Å²) < 4.78 is 8.66. The number of para-hydroxylation sites is 2. The second-order valence-corrected chi connectivity index (χ2v) is 6.79. The van der Waals surface area contributed by atoms with Gasteiger partial charge in [-0.15, -0.1) is 0 Å². The predicted octanol–water partition coefficient (Wildman–Crippen LogP) is 3.04. The van der Waals surface area contributed by atoms with Crippen molar-refractivity contribution < 1.29 is 9.21 Å². The monoisotopic (exact) mass is 390 g/mol. The van der Waals surface area contributed by atoms with Crippen LogP contribution < -0.4 is 5.69 Å². The first-order chi connectivity index (χ1) is 14.2. The Morgan fingerprint density at radius 2 is 1.83 bits per heavy atom. The van der Waals surface area contributed by atoms with E-state index in [2.05, 4.69) is 4.98 Å². The Balaban J connectivity index is 1.65. The summed E-state index contributed by atoms with van der Waals surface area (Å²) in [7, 11) is 0. The lowest BCUT2D eigenvalue weighted by Crippen LogP contribution is -2.36. The van der Waals surface area contributed by atoms with Crippen LogP contribution in [0.1, 0.15) is 18.2 Å². The Kier molecular flexibility index (Phi) is 5.29. The molecule has 0 saturated heterocycles. The number of rotatable bonds is 7. The third-order valence-electron chi connectivity index (χ3n) is 4.91. The Morgan fingerprint density at radius 3 is 2.48 bits per heavy atom. The largest absolute Gasteiger partial charge is 0.467 e. The number of aromatic nitrogens is 3. The minimum Gasteiger partial charge on any atom is -0.467 e. The highest BCUT2D eigenvalue weighted by Gasteiger charge is 2.20. The normalized spacial score (nSPS) is 11.1. The molecule has 0 fully saturated rings. The fourth-order valence-corrected chi connectivity index (χ4v) is 3.50. The molecule has 0 atom stereocenters. The van der Waals surface area contributed by atoms with Gasteiger partial charge in [-0.25, -0.2) is 4.79 Å². The standard InChI is InChI=1S/C22H22N4O3/c1-2-25-19-9-3-4-10-20(19)26(22(25)28)16-21(27)24(15-18-8-6-12-29-18)14-17-7-5-11-23-13-17/h3-13H,2,14-16H2,1H3. The van der Waals surface area contributed by atoms with E-state index in [9.17, 15) is 9.59 Å². The zero-order chi connectivity index (χ0) is 20.2. The zero-order valence-electron chi connectivity index (χ0n) is 16.2. The van der Waals surface area contributed by atoms with E-state index >= 15 is 0 Å². The number of carbonyl (C=O) groups excluding carboxylic acids is 1. The predicted molar refractivity (Wildman–Crippen MR) is 109 cm³/mol. The Bertz CT molecular complexity index is 1160. The van der Waals surface area contributed by atoms with E-state index in [1.54, 1.807) is 38.8 Å². The van der Waals surface area contributed by atoms with Gasteiger partial charge in [-0.3, -0.25) is 18.9 Å². The van der Waals surface area contributed by atoms with Crippen LogP contribution in [-0.4, -0.2) is 24.9 Å². The van der Waals surface area contributed by atoms with Gasteiger partial charge in [0.2, 0.25) is 5.91 Å². The molecule has 1 aromatic carbocycles. The molecule has 0 aliphatic rings. The molecule has 7 nitrogen and oxygen atoms in total. The minimum absolute atomic E-state index is 0.0344. The molecule has 0 saturated carbocycles. The maximum absolute atomic E-state index is 13.2. The van der Waals surface area contributed by atoms with Crippen LogP contribution in [0.15, 0.2) is 76.4 Å². The van der Waals surface area contributed by atoms with E-state index in [1.165, 1.54) is 0 Å². The van der Waals surface area contributed by atoms with Crippen LogP contribution in [0.25, 0.3) is 11.0 Å². The molecule has 29 heavy (non-hydrogen) atoms. The average Bonchev–Trinajstić information content (AvgIpc) is 3.35. The molecule has 3 aromatic heterocycles. The minimum atomic E-state index is -0.179. The van der Waals surface area contributed by atoms with Crippen LogP contribution in [0.4, 0.5) is 0 Å². The highest BCUT2D eigenvalue weighted by molar-refractivity contribution is 5.81. The molecule has 0 bridgehead atoms. The van der Waals surface area contributed by atoms with Gasteiger partial charge in [0.15, 0.2) is 0 Å². The van der Waals surface area contributed by atoms with Gasteiger partial charge in [-0.2, -0.15) is 0 Å². The lowest BCUT2D eigenvalue weighted by Gasteiger charge is -2.22. The highest BCUT2D eigenvalue weighted by atomic mass is 16.3. The molecule has 4 aromatic rings. The van der Waals surface area contributed by atoms with Crippen LogP contribution >= 0.6 is 0 Å². The zero-order valence-corrected chi connectivity index (χ0v) is 16.2. The fraction of sp³-hybridized carbons (Fsp3) is 0.227. The molecule has 3 heterocycles. The molecule has 4 rings (SSSR count). The van der Waals surface area contributed by atoms with Gasteiger partial charge < -0.3 is 9.32 Å². The lowest BCUT2D eigenvalue weighted by atomic mass is 10.2. The van der Waals surface area contributed by atoms with Crippen molar-refractivity contribution in [1.82, 2.24) is 19.0 Å². The number of fused-ring (bicyclic) bond motifs is 1. The van der Waals surface area contributed by atoms with Crippen molar-refractivity contribution in [1.29, 1.82) is 0 Å². The fourth-order valence-electron chi connectivity index (χ4n) is 3.50. The van der Waals surface area contributed by atoms with Crippen LogP contribution in [0, 0.1) is 0 Å². The SMILES string of the molecule is CCn1c(=O)n(CC(=O)N(Cc2cccnc2)Cc2ccco2)c2ccccc21. The number of pyridine rings is 1. The van der Waals surface area contributed by atoms with Crippen molar-refractivity contribution in [2.45, 2.75) is 33.1 Å². The van der Waals surface area contributed by atoms with Crippen molar-refractivity contribution in [3.63, 3.8) is 0 Å². The van der Waals surface area contributed by atoms with Gasteiger partial charge in [0, 0.05) is 25.5 Å². The summed E-state index contributed by atoms with van der Waals surface area (Å²) in [5.41, 5.74) is 2.32. The first-order valence-corrected chi connectivity index (χ1v) is 9.54. The number of carbonyl (C=O) groups is 1. The van der Waals surface area contributed by atoms with E-state index in [0.717, 1.165) is 16.6 Å². The van der Waals surface area contributed by atoms with Gasteiger partial charge in [-0.05, 0) is 42.8 Å². The van der Waals surface area contributed by atoms with Crippen molar-refractivity contribution >= 4 is 16.9 Å². The topological polar surface area (TPSA) is 73.3 Å². The Labute approximate surface area is 167 Å². The number of hydrogen-bond acceptors (Lipinski definition) is 4. The number of imidazole rings is 1. The molecule has 1 amide bonds. The van der Waals surface area contributed by atoms with Crippen molar-refractivity contribution in [2.75, 3.05) is 0 Å². The third-order valence-corrected chi connectivity index (χ3v) is 4.91. The van der Waals surface area contributed by atoms with E-state index in [0.29, 0.717) is 25.4 Å². The molecule has 0 aliphatic heterocycles. The lowest BCUT2D eigenvalue weighted by molar-refractivity contribution is -0.133. The van der Waals surface area contributed by atoms with Crippen molar-refractivity contribution in [2.24, 2.45) is 0 Å². The highest BCUT2D eigenvalue weighted by Crippen LogP contribution is 2.15. The van der Waals surface area contributed by atoms with E-state index < -0.39 is 0 Å². The smallest absolute Gasteiger partial charge is 0.329 e. The van der Waals surface area contributed by atoms with Gasteiger partial charge in [0.1, 0.15) is 12.3 Å². The van der Waals surface area contributed by atoms with E-state index in [1.807, 2.05) is 49.4 Å². The van der Waals surface area contributed by atoms with Gasteiger partial charge in [0.25, 0.3) is 0 Å². The number of nitrogens with zero attached hydrogens (tertiary/aromatic N) is 4. The van der Waals surface area contributed by atoms with Crippen molar-refractivity contribution in [3.8, 4) is 0 Å². The van der Waals surface area contributed by atoms with Crippen LogP contribution in [0.5, 0.6) is 0 Å². The molecule has 0 aliphatic carbocycles. The number of amides is 1. The molecular formula is C22H22N4O3. The van der Waals surface area contributed by atoms with E-state index in [-0.39, 0.29) is 18.1 Å². The van der Waals surface area contributed by atoms with Crippen LogP contribution in [-0.2, 0) is 31.0 Å². The van der Waals surface area contributed by atoms with E-state index in [4.69, 9.17) is 4.42 Å². The molecule has 0 radical (unpaired) electrons. The summed E-state index contributed by atoms with van der Waals surface area (Å²) in [5.74, 6) is 0.525. The van der Waals surface area contributed by atoms with Gasteiger partial charge in [-0.1, -0.05) is 18.2 Å². The number of furan rings is 1. The summed E-state index contributed by atoms with van der Waals surface area (Å²) in [6.07, 6.45) is 5.01. The van der Waals surface area contributed by atoms with Crippen LogP contribution in [0.3, 0.4) is 0 Å². The van der Waals surface area contributed by atoms with Crippen molar-refractivity contribution in [3.05, 3.63) is 89.0 Å². The summed E-state index contributed by atoms with van der Waals surface area (Å²) in [6.45, 7) is 3.14. The first kappa shape index (κ1) is 18.7. The molecule has 148 valence electrons. The Hall–Kier alpha value is -3.61. The maximum atomic E-state index is 13.2. The summed E-state index contributed by atoms with van der Waals surface area (Å²) in [6, 6.07) is 14.9. The van der Waals surface area contributed by atoms with Gasteiger partial charge in [0.05, 0.1) is 23.8 Å². The second-order valence-electron chi connectivity index (χ2n) is 6.79. The average molecular weight is 390 g/mol. The quantitative estimate of drug-likeness (QED) is 0.486. The number of benzene rings is 1. The molecule has 0 N–H and O–H groups in total. The number of aryl methyl sites for hydroxylation is 1. The molecular weight excluding hydrogens is 368 g/mol.